The molecule has 1 aromatic heterocycles. The minimum absolute atomic E-state index is 0.0508. The third-order valence-corrected chi connectivity index (χ3v) is 5.09. The van der Waals surface area contributed by atoms with Crippen LogP contribution in [0.1, 0.15) is 17.0 Å². The lowest BCUT2D eigenvalue weighted by atomic mass is 10.1. The van der Waals surface area contributed by atoms with E-state index in [9.17, 15) is 4.79 Å². The molecule has 0 aliphatic rings. The summed E-state index contributed by atoms with van der Waals surface area (Å²) in [4.78, 5) is 12.0. The number of methoxy groups -OCH3 is 1. The van der Waals surface area contributed by atoms with Crippen LogP contribution in [0.4, 0.5) is 0 Å². The molecule has 2 aromatic carbocycles. The van der Waals surface area contributed by atoms with Gasteiger partial charge in [0.05, 0.1) is 12.4 Å². The maximum Gasteiger partial charge on any atom is 0.230 e. The van der Waals surface area contributed by atoms with Crippen molar-refractivity contribution in [2.75, 3.05) is 26.0 Å². The van der Waals surface area contributed by atoms with Crippen LogP contribution >= 0.6 is 11.8 Å². The van der Waals surface area contributed by atoms with Gasteiger partial charge in [-0.25, -0.2) is 0 Å². The molecule has 3 aromatic rings. The Balaban J connectivity index is 1.81. The van der Waals surface area contributed by atoms with E-state index in [1.54, 1.807) is 7.11 Å². The highest BCUT2D eigenvalue weighted by atomic mass is 32.2. The molecule has 0 aliphatic carbocycles. The molecule has 0 unspecified atom stereocenters. The fourth-order valence-corrected chi connectivity index (χ4v) is 3.51. The molecule has 0 atom stereocenters. The zero-order valence-corrected chi connectivity index (χ0v) is 16.9. The zero-order valence-electron chi connectivity index (χ0n) is 16.1. The first kappa shape index (κ1) is 20.1. The van der Waals surface area contributed by atoms with E-state index in [0.717, 1.165) is 17.1 Å². The molecule has 0 fully saturated rings. The first-order valence-corrected chi connectivity index (χ1v) is 10.1. The van der Waals surface area contributed by atoms with Gasteiger partial charge >= 0.3 is 0 Å². The molecule has 3 rings (SSSR count). The molecule has 0 saturated heterocycles. The van der Waals surface area contributed by atoms with Crippen molar-refractivity contribution >= 4 is 17.7 Å². The van der Waals surface area contributed by atoms with Crippen LogP contribution in [0, 0.1) is 6.92 Å². The van der Waals surface area contributed by atoms with Crippen LogP contribution in [-0.4, -0.2) is 46.7 Å². The summed E-state index contributed by atoms with van der Waals surface area (Å²) in [5.41, 5.74) is 3.34. The van der Waals surface area contributed by atoms with Crippen molar-refractivity contribution < 1.29 is 9.53 Å². The second-order valence-electron chi connectivity index (χ2n) is 6.36. The molecule has 0 spiro atoms. The monoisotopic (exact) mass is 396 g/mol. The summed E-state index contributed by atoms with van der Waals surface area (Å²) in [6, 6.07) is 18.4. The van der Waals surface area contributed by atoms with Crippen molar-refractivity contribution in [2.45, 2.75) is 18.5 Å². The van der Waals surface area contributed by atoms with E-state index in [-0.39, 0.29) is 11.7 Å². The van der Waals surface area contributed by atoms with Crippen LogP contribution in [0.5, 0.6) is 0 Å². The van der Waals surface area contributed by atoms with E-state index in [0.29, 0.717) is 24.7 Å². The summed E-state index contributed by atoms with van der Waals surface area (Å²) in [7, 11) is 1.61. The van der Waals surface area contributed by atoms with Gasteiger partial charge in [-0.3, -0.25) is 9.36 Å². The molecule has 1 N–H and O–H groups in total. The highest BCUT2D eigenvalue weighted by Gasteiger charge is 2.16. The summed E-state index contributed by atoms with van der Waals surface area (Å²) in [5, 5.41) is 12.3. The molecule has 1 heterocycles. The molecule has 28 heavy (non-hydrogen) atoms. The molecular formula is C21H24N4O2S. The van der Waals surface area contributed by atoms with Gasteiger partial charge in [-0.15, -0.1) is 10.2 Å². The number of ether oxygens (including phenoxy) is 1. The van der Waals surface area contributed by atoms with E-state index in [1.165, 1.54) is 17.3 Å². The van der Waals surface area contributed by atoms with Gasteiger partial charge in [0.15, 0.2) is 5.16 Å². The quantitative estimate of drug-likeness (QED) is 0.445. The Kier molecular flexibility index (Phi) is 7.22. The normalized spacial score (nSPS) is 10.8. The maximum absolute atomic E-state index is 12.0. The van der Waals surface area contributed by atoms with Crippen LogP contribution in [-0.2, 0) is 16.0 Å². The summed E-state index contributed by atoms with van der Waals surface area (Å²) in [5.74, 6) is 1.07. The average Bonchev–Trinajstić information content (AvgIpc) is 3.10. The predicted molar refractivity (Wildman–Crippen MR) is 111 cm³/mol. The van der Waals surface area contributed by atoms with E-state index in [2.05, 4.69) is 58.8 Å². The summed E-state index contributed by atoms with van der Waals surface area (Å²) in [6.45, 7) is 3.05. The zero-order chi connectivity index (χ0) is 19.8. The van der Waals surface area contributed by atoms with Gasteiger partial charge in [0.1, 0.15) is 5.82 Å². The third kappa shape index (κ3) is 5.43. The Labute approximate surface area is 169 Å². The summed E-state index contributed by atoms with van der Waals surface area (Å²) < 4.78 is 6.98. The molecule has 1 amide bonds. The number of rotatable bonds is 9. The lowest BCUT2D eigenvalue weighted by Gasteiger charge is -2.11. The number of thioether (sulfide) groups is 1. The van der Waals surface area contributed by atoms with Gasteiger partial charge in [0.2, 0.25) is 5.91 Å². The first-order valence-electron chi connectivity index (χ1n) is 9.11. The Morgan fingerprint density at radius 3 is 2.57 bits per heavy atom. The Hall–Kier alpha value is -2.64. The van der Waals surface area contributed by atoms with Crippen molar-refractivity contribution in [2.24, 2.45) is 0 Å². The van der Waals surface area contributed by atoms with Crippen LogP contribution in [0.3, 0.4) is 0 Å². The van der Waals surface area contributed by atoms with Crippen molar-refractivity contribution in [3.8, 4) is 5.69 Å². The van der Waals surface area contributed by atoms with Crippen LogP contribution in [0.25, 0.3) is 5.69 Å². The van der Waals surface area contributed by atoms with Gasteiger partial charge in [-0.2, -0.15) is 0 Å². The number of nitrogens with one attached hydrogen (secondary N) is 1. The van der Waals surface area contributed by atoms with Crippen molar-refractivity contribution in [1.29, 1.82) is 0 Å². The summed E-state index contributed by atoms with van der Waals surface area (Å²) in [6.07, 6.45) is 0.669. The largest absolute Gasteiger partial charge is 0.383 e. The van der Waals surface area contributed by atoms with Gasteiger partial charge in [0.25, 0.3) is 0 Å². The molecule has 7 heteroatoms. The smallest absolute Gasteiger partial charge is 0.230 e. The van der Waals surface area contributed by atoms with Crippen molar-refractivity contribution in [1.82, 2.24) is 20.1 Å². The van der Waals surface area contributed by atoms with Crippen LogP contribution < -0.4 is 5.32 Å². The number of carbonyl (C=O) groups excluding carboxylic acids is 1. The summed E-state index contributed by atoms with van der Waals surface area (Å²) >= 11 is 1.38. The van der Waals surface area contributed by atoms with Crippen LogP contribution in [0.15, 0.2) is 59.8 Å². The minimum Gasteiger partial charge on any atom is -0.383 e. The topological polar surface area (TPSA) is 69.0 Å². The number of nitrogens with zero attached hydrogens (tertiary/aromatic N) is 3. The van der Waals surface area contributed by atoms with E-state index in [1.807, 2.05) is 22.8 Å². The Morgan fingerprint density at radius 1 is 1.11 bits per heavy atom. The Bertz CT molecular complexity index is 895. The molecule has 0 bridgehead atoms. The molecule has 0 aliphatic heterocycles. The van der Waals surface area contributed by atoms with Gasteiger partial charge in [-0.05, 0) is 24.6 Å². The van der Waals surface area contributed by atoms with Gasteiger partial charge < -0.3 is 10.1 Å². The molecule has 0 radical (unpaired) electrons. The number of aryl methyl sites for hydroxylation is 1. The molecule has 0 saturated carbocycles. The highest BCUT2D eigenvalue weighted by Crippen LogP contribution is 2.23. The van der Waals surface area contributed by atoms with E-state index in [4.69, 9.17) is 4.74 Å². The first-order chi connectivity index (χ1) is 13.7. The average molecular weight is 397 g/mol. The second kappa shape index (κ2) is 10.1. The molecular weight excluding hydrogens is 372 g/mol. The van der Waals surface area contributed by atoms with Gasteiger partial charge in [0, 0.05) is 25.8 Å². The lowest BCUT2D eigenvalue weighted by molar-refractivity contribution is -0.118. The molecule has 146 valence electrons. The number of hydrogen-bond acceptors (Lipinski definition) is 5. The van der Waals surface area contributed by atoms with Gasteiger partial charge in [-0.1, -0.05) is 59.8 Å². The van der Waals surface area contributed by atoms with E-state index >= 15 is 0 Å². The lowest BCUT2D eigenvalue weighted by Crippen LogP contribution is -2.28. The second-order valence-corrected chi connectivity index (χ2v) is 7.31. The minimum atomic E-state index is -0.0508. The SMILES string of the molecule is COCCNC(=O)CSc1nnc(Cc2ccccc2)n1-c1ccc(C)cc1. The van der Waals surface area contributed by atoms with E-state index < -0.39 is 0 Å². The third-order valence-electron chi connectivity index (χ3n) is 4.16. The predicted octanol–water partition coefficient (Wildman–Crippen LogP) is 3.02. The maximum atomic E-state index is 12.0. The standard InChI is InChI=1S/C21H24N4O2S/c1-16-8-10-18(11-9-16)25-19(14-17-6-4-3-5-7-17)23-24-21(25)28-15-20(26)22-12-13-27-2/h3-11H,12-15H2,1-2H3,(H,22,26). The number of benzene rings is 2. The molecule has 6 nitrogen and oxygen atoms in total. The number of amides is 1. The Morgan fingerprint density at radius 2 is 1.86 bits per heavy atom. The number of hydrogen-bond donors (Lipinski definition) is 1. The van der Waals surface area contributed by atoms with Crippen molar-refractivity contribution in [3.05, 3.63) is 71.5 Å². The fourth-order valence-electron chi connectivity index (χ4n) is 2.71. The highest BCUT2D eigenvalue weighted by molar-refractivity contribution is 7.99. The van der Waals surface area contributed by atoms with Crippen LogP contribution in [0.2, 0.25) is 0 Å². The number of carbonyl (C=O) groups is 1. The van der Waals surface area contributed by atoms with Crippen molar-refractivity contribution in [3.63, 3.8) is 0 Å². The number of aromatic nitrogens is 3. The fraction of sp³-hybridized carbons (Fsp3) is 0.286.